The van der Waals surface area contributed by atoms with E-state index in [1.807, 2.05) is 13.8 Å². The van der Waals surface area contributed by atoms with Crippen molar-refractivity contribution in [3.8, 4) is 0 Å². The summed E-state index contributed by atoms with van der Waals surface area (Å²) < 4.78 is 54.2. The van der Waals surface area contributed by atoms with Crippen LogP contribution in [0.3, 0.4) is 0 Å². The normalized spacial score (nSPS) is 51.8. The van der Waals surface area contributed by atoms with Crippen molar-refractivity contribution in [3.63, 3.8) is 0 Å². The Hall–Kier alpha value is -1.38. The molecule has 4 saturated heterocycles. The monoisotopic (exact) mass is 1280 g/mol. The molecule has 4 heterocycles. The fourth-order valence-corrected chi connectivity index (χ4v) is 17.5. The lowest BCUT2D eigenvalue weighted by atomic mass is 9.38. The van der Waals surface area contributed by atoms with Crippen LogP contribution in [0.5, 0.6) is 0 Å². The van der Waals surface area contributed by atoms with Crippen molar-refractivity contribution >= 4 is 0 Å². The highest BCUT2D eigenvalue weighted by Crippen LogP contribution is 2.75. The van der Waals surface area contributed by atoms with Gasteiger partial charge in [0.25, 0.3) is 0 Å². The first-order valence-electron chi connectivity index (χ1n) is 31.9. The molecule has 516 valence electrons. The van der Waals surface area contributed by atoms with Crippen LogP contribution in [0.1, 0.15) is 113 Å². The maximum atomic E-state index is 12.8. The van der Waals surface area contributed by atoms with Crippen LogP contribution in [0.4, 0.5) is 0 Å². The molecule has 28 nitrogen and oxygen atoms in total. The average Bonchev–Trinajstić information content (AvgIpc) is 1.66. The maximum Gasteiger partial charge on any atom is 0.187 e. The first kappa shape index (κ1) is 71.9. The predicted molar refractivity (Wildman–Crippen MR) is 303 cm³/mol. The second kappa shape index (κ2) is 27.6. The Bertz CT molecular complexity index is 2340. The molecule has 0 aromatic heterocycles. The van der Waals surface area contributed by atoms with Crippen molar-refractivity contribution in [1.82, 2.24) is 0 Å². The molecular formula is C61H104O28. The molecule has 8 fully saturated rings. The molecule has 0 aromatic carbocycles. The summed E-state index contributed by atoms with van der Waals surface area (Å²) in [7, 11) is 0. The molecular weight excluding hydrogens is 1180 g/mol. The van der Waals surface area contributed by atoms with Gasteiger partial charge >= 0.3 is 0 Å². The second-order valence-corrected chi connectivity index (χ2v) is 29.2. The van der Waals surface area contributed by atoms with Crippen molar-refractivity contribution in [2.24, 2.45) is 51.2 Å². The number of ether oxygens (including phenoxy) is 9. The summed E-state index contributed by atoms with van der Waals surface area (Å²) in [6.07, 6.45) is -34.6. The van der Waals surface area contributed by atoms with Gasteiger partial charge in [0.1, 0.15) is 110 Å². The van der Waals surface area contributed by atoms with Gasteiger partial charge in [-0.2, -0.15) is 0 Å². The van der Waals surface area contributed by atoms with Gasteiger partial charge in [0.05, 0.1) is 62.5 Å². The molecule has 9 rings (SSSR count). The van der Waals surface area contributed by atoms with Gasteiger partial charge in [-0.3, -0.25) is 0 Å². The summed E-state index contributed by atoms with van der Waals surface area (Å²) in [5, 5.41) is 206. The van der Waals surface area contributed by atoms with E-state index < -0.39 is 221 Å². The molecule has 4 aliphatic heterocycles. The molecule has 0 radical (unpaired) electrons. The lowest BCUT2D eigenvalue weighted by Gasteiger charge is -2.67. The lowest BCUT2D eigenvalue weighted by Crippen LogP contribution is -2.65. The highest BCUT2D eigenvalue weighted by Gasteiger charge is 2.70. The Morgan fingerprint density at radius 1 is 0.551 bits per heavy atom. The van der Waals surface area contributed by atoms with Gasteiger partial charge in [0.15, 0.2) is 25.2 Å². The molecule has 89 heavy (non-hydrogen) atoms. The van der Waals surface area contributed by atoms with Crippen LogP contribution in [0.2, 0.25) is 0 Å². The zero-order chi connectivity index (χ0) is 65.5. The van der Waals surface area contributed by atoms with Gasteiger partial charge in [0.2, 0.25) is 0 Å². The zero-order valence-corrected chi connectivity index (χ0v) is 52.1. The molecule has 35 atom stereocenters. The highest BCUT2D eigenvalue weighted by atomic mass is 16.8. The molecule has 9 aliphatic rings. The molecule has 19 N–H and O–H groups in total. The minimum Gasteiger partial charge on any atom is -0.396 e. The lowest BCUT2D eigenvalue weighted by molar-refractivity contribution is -0.377. The summed E-state index contributed by atoms with van der Waals surface area (Å²) in [6, 6.07) is 0. The maximum absolute atomic E-state index is 12.8. The number of aliphatic hydroxyl groups is 19. The Kier molecular flexibility index (Phi) is 22.3. The summed E-state index contributed by atoms with van der Waals surface area (Å²) >= 11 is 0. The van der Waals surface area contributed by atoms with Crippen LogP contribution in [-0.4, -0.2) is 301 Å². The van der Waals surface area contributed by atoms with Crippen molar-refractivity contribution in [1.29, 1.82) is 0 Å². The smallest absolute Gasteiger partial charge is 0.187 e. The van der Waals surface area contributed by atoms with E-state index in [2.05, 4.69) is 33.8 Å². The number of allylic oxidation sites excluding steroid dienone is 1. The molecule has 0 amide bonds. The minimum absolute atomic E-state index is 0.0237. The molecule has 0 spiro atoms. The largest absolute Gasteiger partial charge is 0.396 e. The van der Waals surface area contributed by atoms with Crippen molar-refractivity contribution in [2.75, 3.05) is 33.0 Å². The van der Waals surface area contributed by atoms with Gasteiger partial charge in [0, 0.05) is 23.4 Å². The van der Waals surface area contributed by atoms with Crippen molar-refractivity contribution in [3.05, 3.63) is 11.6 Å². The van der Waals surface area contributed by atoms with E-state index in [9.17, 15) is 97.0 Å². The first-order chi connectivity index (χ1) is 41.6. The summed E-state index contributed by atoms with van der Waals surface area (Å²) in [6.45, 7) is 13.0. The third kappa shape index (κ3) is 13.1. The zero-order valence-electron chi connectivity index (χ0n) is 52.1. The van der Waals surface area contributed by atoms with E-state index in [0.717, 1.165) is 18.4 Å². The summed E-state index contributed by atoms with van der Waals surface area (Å²) in [4.78, 5) is 0. The van der Waals surface area contributed by atoms with E-state index >= 15 is 0 Å². The van der Waals surface area contributed by atoms with Crippen LogP contribution in [0.15, 0.2) is 11.6 Å². The molecule has 4 saturated carbocycles. The van der Waals surface area contributed by atoms with Crippen LogP contribution < -0.4 is 0 Å². The predicted octanol–water partition coefficient (Wildman–Crippen LogP) is -4.74. The van der Waals surface area contributed by atoms with Crippen LogP contribution in [0.25, 0.3) is 0 Å². The first-order valence-corrected chi connectivity index (χ1v) is 31.9. The van der Waals surface area contributed by atoms with Gasteiger partial charge in [-0.25, -0.2) is 0 Å². The molecule has 28 heteroatoms. The van der Waals surface area contributed by atoms with E-state index in [1.165, 1.54) is 13.8 Å². The summed E-state index contributed by atoms with van der Waals surface area (Å²) in [5.74, 6) is -0.843. The Balaban J connectivity index is 0.883. The standard InChI is InChI=1S/C61H104O28/c1-24(9-13-37(58(4,5)80)88-56-52(89-55-51(79)46(74)41(69)31(21-64)84-55)48(76)43(71)32(86-56)22-81-29-17-25(19-62)38(66)44(72)39(29)67)26-15-16-59(6)34-12-10-27-28(61(34,8)35(65)18-60(26,59)7)11-14-36(57(27,2)3)87-54-50(78)47(75)42(70)33(85-54)23-82-53-49(77)45(73)40(68)30(20-63)83-53/h10,24-26,28-56,62-80H,9,11-23H2,1-8H3/t24-,25-,26-,28?,29-,30-,31-,32-,33-,34+,35-,36+,37-,38-,39+,40-,41-,42-,43-,44+,45+,46+,47+,48+,49-,50-,51-,52?,53-,54+,55+,56+,59+,60-,61+/m1/s1. The van der Waals surface area contributed by atoms with Gasteiger partial charge in [-0.1, -0.05) is 53.2 Å². The third-order valence-electron chi connectivity index (χ3n) is 23.4. The molecule has 2 unspecified atom stereocenters. The fraction of sp³-hybridized carbons (Fsp3) is 0.967. The van der Waals surface area contributed by atoms with Crippen LogP contribution in [-0.2, 0) is 42.6 Å². The van der Waals surface area contributed by atoms with E-state index in [-0.39, 0.29) is 47.3 Å². The van der Waals surface area contributed by atoms with Gasteiger partial charge < -0.3 is 140 Å². The number of rotatable bonds is 20. The van der Waals surface area contributed by atoms with Gasteiger partial charge in [-0.05, 0) is 106 Å². The van der Waals surface area contributed by atoms with Crippen molar-refractivity contribution in [2.45, 2.75) is 284 Å². The Morgan fingerprint density at radius 3 is 1.65 bits per heavy atom. The van der Waals surface area contributed by atoms with E-state index in [0.29, 0.717) is 32.1 Å². The van der Waals surface area contributed by atoms with Crippen LogP contribution >= 0.6 is 0 Å². The number of hydrogen-bond acceptors (Lipinski definition) is 28. The summed E-state index contributed by atoms with van der Waals surface area (Å²) in [5.41, 5.74) is -2.43. The Morgan fingerprint density at radius 2 is 1.07 bits per heavy atom. The van der Waals surface area contributed by atoms with Gasteiger partial charge in [-0.15, -0.1) is 0 Å². The number of aliphatic hydroxyl groups excluding tert-OH is 18. The minimum atomic E-state index is -1.93. The molecule has 0 aromatic rings. The number of hydrogen-bond donors (Lipinski definition) is 19. The quantitative estimate of drug-likeness (QED) is 0.0509. The van der Waals surface area contributed by atoms with E-state index in [4.69, 9.17) is 42.6 Å². The third-order valence-corrected chi connectivity index (χ3v) is 23.4. The molecule has 0 bridgehead atoms. The topological polar surface area (TPSA) is 467 Å². The number of fused-ring (bicyclic) bond motifs is 5. The second-order valence-electron chi connectivity index (χ2n) is 29.2. The SMILES string of the molecule is C[C@H](CC[C@@H](O[C@@H]1O[C@H](CO[C@@H]2C[C@H](CO)[C@@H](O)[C@H](O)[C@H]2O)[C@@H](O)[C@H](O)C1O[C@@H]1O[C@H](CO)[C@@H](O)[C@H](O)[C@H]1O)C(C)(C)O)[C@H]1CC[C@@]2(C)[C@@H]3CC=C4C(CC[C@H](O[C@@H]5O[C@H](CO[C@@H]6O[C@H](CO)[C@@H](O)[C@H](O)[C@H]6O)[C@@H](O)[C@H](O)[C@H]5O)C4(C)C)[C@]3(C)[C@H](O)C[C@]12C. The van der Waals surface area contributed by atoms with E-state index in [1.54, 1.807) is 0 Å². The fourth-order valence-electron chi connectivity index (χ4n) is 17.5. The Labute approximate surface area is 518 Å². The van der Waals surface area contributed by atoms with Crippen LogP contribution in [0, 0.1) is 51.2 Å². The van der Waals surface area contributed by atoms with Crippen molar-refractivity contribution < 1.29 is 140 Å². The average molecular weight is 1290 g/mol. The molecule has 5 aliphatic carbocycles. The highest BCUT2D eigenvalue weighted by molar-refractivity contribution is 5.32.